The third-order valence-electron chi connectivity index (χ3n) is 3.54. The van der Waals surface area contributed by atoms with Crippen LogP contribution < -0.4 is 0 Å². The van der Waals surface area contributed by atoms with Crippen molar-refractivity contribution in [3.8, 4) is 11.3 Å². The van der Waals surface area contributed by atoms with E-state index in [-0.39, 0.29) is 12.2 Å². The lowest BCUT2D eigenvalue weighted by molar-refractivity contribution is -0.136. The maximum atomic E-state index is 13.3. The number of aromatic nitrogens is 2. The molecule has 1 aliphatic carbocycles. The lowest BCUT2D eigenvalue weighted by Crippen LogP contribution is -2.04. The van der Waals surface area contributed by atoms with Crippen LogP contribution in [0.15, 0.2) is 23.6 Å². The number of thiazole rings is 1. The predicted octanol–water partition coefficient (Wildman–Crippen LogP) is 2.73. The van der Waals surface area contributed by atoms with Gasteiger partial charge in [-0.3, -0.25) is 9.20 Å². The number of hydrogen-bond donors (Lipinski definition) is 1. The smallest absolute Gasteiger partial charge is 0.309 e. The quantitative estimate of drug-likeness (QED) is 0.617. The number of halogens is 1. The maximum Gasteiger partial charge on any atom is 0.309 e. The molecule has 4 rings (SSSR count). The first kappa shape index (κ1) is 11.6. The summed E-state index contributed by atoms with van der Waals surface area (Å²) in [6.45, 7) is 0. The van der Waals surface area contributed by atoms with Crippen molar-refractivity contribution < 1.29 is 14.3 Å². The minimum absolute atomic E-state index is 0.0342. The molecule has 20 heavy (non-hydrogen) atoms. The Hall–Kier alpha value is -2.21. The Labute approximate surface area is 117 Å². The molecule has 2 aromatic heterocycles. The van der Waals surface area contributed by atoms with Crippen LogP contribution in [-0.2, 0) is 17.6 Å². The molecule has 1 N–H and O–H groups in total. The van der Waals surface area contributed by atoms with Crippen LogP contribution >= 0.6 is 11.3 Å². The summed E-state index contributed by atoms with van der Waals surface area (Å²) in [4.78, 5) is 16.3. The summed E-state index contributed by atoms with van der Waals surface area (Å²) >= 11 is 1.43. The van der Waals surface area contributed by atoms with Crippen molar-refractivity contribution in [1.29, 1.82) is 0 Å². The van der Waals surface area contributed by atoms with Gasteiger partial charge >= 0.3 is 5.97 Å². The van der Waals surface area contributed by atoms with Gasteiger partial charge in [0, 0.05) is 23.1 Å². The highest BCUT2D eigenvalue weighted by molar-refractivity contribution is 7.15. The molecule has 0 unspecified atom stereocenters. The molecule has 1 aliphatic rings. The third kappa shape index (κ3) is 1.51. The summed E-state index contributed by atoms with van der Waals surface area (Å²) in [6.07, 6.45) is 0.556. The number of aliphatic carboxylic acids is 1. The lowest BCUT2D eigenvalue weighted by atomic mass is 10.1. The molecule has 1 aromatic carbocycles. The van der Waals surface area contributed by atoms with Crippen molar-refractivity contribution in [2.75, 3.05) is 0 Å². The normalized spacial score (nSPS) is 12.7. The summed E-state index contributed by atoms with van der Waals surface area (Å²) in [5.74, 6) is -1.13. The van der Waals surface area contributed by atoms with E-state index >= 15 is 0 Å². The van der Waals surface area contributed by atoms with Crippen LogP contribution in [-0.4, -0.2) is 20.5 Å². The Morgan fingerprint density at radius 1 is 1.50 bits per heavy atom. The van der Waals surface area contributed by atoms with Crippen LogP contribution in [0.3, 0.4) is 0 Å². The van der Waals surface area contributed by atoms with Crippen molar-refractivity contribution in [1.82, 2.24) is 9.38 Å². The first-order valence-corrected chi connectivity index (χ1v) is 7.00. The lowest BCUT2D eigenvalue weighted by Gasteiger charge is -1.99. The standard InChI is InChI=1S/C14H9FN2O2S/c15-8-1-2-10-7(3-8)4-11-13(10)16-14-17(11)9(6-20-14)5-12(18)19/h1-3,6H,4-5H2,(H,18,19). The highest BCUT2D eigenvalue weighted by Crippen LogP contribution is 2.38. The molecule has 6 heteroatoms. The number of fused-ring (bicyclic) bond motifs is 5. The first-order valence-electron chi connectivity index (χ1n) is 6.12. The van der Waals surface area contributed by atoms with Gasteiger partial charge in [0.2, 0.25) is 0 Å². The van der Waals surface area contributed by atoms with Crippen LogP contribution in [0.1, 0.15) is 17.0 Å². The summed E-state index contributed by atoms with van der Waals surface area (Å²) in [5.41, 5.74) is 4.37. The number of carboxylic acids is 1. The van der Waals surface area contributed by atoms with Crippen molar-refractivity contribution in [3.63, 3.8) is 0 Å². The van der Waals surface area contributed by atoms with E-state index in [0.29, 0.717) is 6.42 Å². The molecule has 0 radical (unpaired) electrons. The van der Waals surface area contributed by atoms with Gasteiger partial charge in [-0.25, -0.2) is 9.37 Å². The maximum absolute atomic E-state index is 13.3. The van der Waals surface area contributed by atoms with E-state index in [9.17, 15) is 9.18 Å². The van der Waals surface area contributed by atoms with Gasteiger partial charge < -0.3 is 5.11 Å². The van der Waals surface area contributed by atoms with Gasteiger partial charge in [0.15, 0.2) is 4.96 Å². The third-order valence-corrected chi connectivity index (χ3v) is 4.42. The summed E-state index contributed by atoms with van der Waals surface area (Å²) in [7, 11) is 0. The molecule has 0 atom stereocenters. The number of carboxylic acid groups (broad SMARTS) is 1. The molecule has 0 saturated heterocycles. The van der Waals surface area contributed by atoms with Crippen LogP contribution in [0.4, 0.5) is 4.39 Å². The Bertz CT molecular complexity index is 866. The fourth-order valence-electron chi connectivity index (χ4n) is 2.75. The van der Waals surface area contributed by atoms with Crippen molar-refractivity contribution in [3.05, 3.63) is 46.3 Å². The van der Waals surface area contributed by atoms with Crippen LogP contribution in [0.2, 0.25) is 0 Å². The number of hydrogen-bond acceptors (Lipinski definition) is 3. The molecule has 0 aliphatic heterocycles. The average Bonchev–Trinajstić information content (AvgIpc) is 2.99. The molecular weight excluding hydrogens is 279 g/mol. The van der Waals surface area contributed by atoms with Crippen molar-refractivity contribution in [2.45, 2.75) is 12.8 Å². The predicted molar refractivity (Wildman–Crippen MR) is 72.6 cm³/mol. The zero-order valence-corrected chi connectivity index (χ0v) is 11.1. The summed E-state index contributed by atoms with van der Waals surface area (Å²) in [5, 5.41) is 10.8. The second-order valence-corrected chi connectivity index (χ2v) is 5.64. The minimum Gasteiger partial charge on any atom is -0.481 e. The Morgan fingerprint density at radius 3 is 3.15 bits per heavy atom. The summed E-state index contributed by atoms with van der Waals surface area (Å²) in [6, 6.07) is 4.69. The zero-order valence-electron chi connectivity index (χ0n) is 10.3. The number of rotatable bonds is 2. The second kappa shape index (κ2) is 3.89. The molecule has 3 aromatic rings. The fourth-order valence-corrected chi connectivity index (χ4v) is 3.66. The van der Waals surface area contributed by atoms with E-state index in [1.807, 2.05) is 9.78 Å². The average molecular weight is 288 g/mol. The highest BCUT2D eigenvalue weighted by Gasteiger charge is 2.26. The van der Waals surface area contributed by atoms with Crippen LogP contribution in [0, 0.1) is 5.82 Å². The molecule has 0 fully saturated rings. The minimum atomic E-state index is -0.867. The van der Waals surface area contributed by atoms with Crippen LogP contribution in [0.5, 0.6) is 0 Å². The number of carbonyl (C=O) groups is 1. The monoisotopic (exact) mass is 288 g/mol. The molecule has 0 amide bonds. The summed E-state index contributed by atoms with van der Waals surface area (Å²) < 4.78 is 15.2. The molecular formula is C14H9FN2O2S. The molecule has 100 valence electrons. The molecule has 0 bridgehead atoms. The van der Waals surface area contributed by atoms with Gasteiger partial charge in [0.25, 0.3) is 0 Å². The van der Waals surface area contributed by atoms with Gasteiger partial charge in [-0.1, -0.05) is 0 Å². The largest absolute Gasteiger partial charge is 0.481 e. The molecule has 4 nitrogen and oxygen atoms in total. The van der Waals surface area contributed by atoms with E-state index in [1.54, 1.807) is 6.07 Å². The van der Waals surface area contributed by atoms with Crippen molar-refractivity contribution >= 4 is 22.3 Å². The number of benzene rings is 1. The van der Waals surface area contributed by atoms with E-state index in [2.05, 4.69) is 4.98 Å². The van der Waals surface area contributed by atoms with E-state index in [4.69, 9.17) is 5.11 Å². The van der Waals surface area contributed by atoms with Gasteiger partial charge in [-0.15, -0.1) is 11.3 Å². The fraction of sp³-hybridized carbons (Fsp3) is 0.143. The molecule has 2 heterocycles. The Kier molecular flexibility index (Phi) is 2.26. The van der Waals surface area contributed by atoms with Gasteiger partial charge in [-0.05, 0) is 23.8 Å². The van der Waals surface area contributed by atoms with Crippen molar-refractivity contribution in [2.24, 2.45) is 0 Å². The Morgan fingerprint density at radius 2 is 2.35 bits per heavy atom. The van der Waals surface area contributed by atoms with Crippen LogP contribution in [0.25, 0.3) is 16.2 Å². The SMILES string of the molecule is O=C(O)Cc1csc2nc3c(n12)Cc1cc(F)ccc1-3. The first-order chi connectivity index (χ1) is 9.63. The highest BCUT2D eigenvalue weighted by atomic mass is 32.1. The molecule has 0 spiro atoms. The van der Waals surface area contributed by atoms with Gasteiger partial charge in [-0.2, -0.15) is 0 Å². The van der Waals surface area contributed by atoms with E-state index in [0.717, 1.165) is 33.2 Å². The van der Waals surface area contributed by atoms with E-state index < -0.39 is 5.97 Å². The second-order valence-electron chi connectivity index (χ2n) is 4.80. The van der Waals surface area contributed by atoms with Gasteiger partial charge in [0.05, 0.1) is 17.8 Å². The Balaban J connectivity index is 1.93. The van der Waals surface area contributed by atoms with E-state index in [1.165, 1.54) is 23.5 Å². The topological polar surface area (TPSA) is 54.6 Å². The molecule has 0 saturated carbocycles. The zero-order chi connectivity index (χ0) is 13.9. The number of imidazole rings is 1. The van der Waals surface area contributed by atoms with Gasteiger partial charge in [0.1, 0.15) is 5.82 Å². The number of nitrogens with zero attached hydrogens (tertiary/aromatic N) is 2.